The van der Waals surface area contributed by atoms with E-state index in [1.54, 1.807) is 18.4 Å². The van der Waals surface area contributed by atoms with Gasteiger partial charge in [-0.2, -0.15) is 11.3 Å². The van der Waals surface area contributed by atoms with E-state index in [-0.39, 0.29) is 6.04 Å². The average Bonchev–Trinajstić information content (AvgIpc) is 2.59. The zero-order chi connectivity index (χ0) is 10.6. The molecule has 0 amide bonds. The molecular weight excluding hydrogens is 194 g/mol. The summed E-state index contributed by atoms with van der Waals surface area (Å²) in [6.45, 7) is 5.09. The molecule has 80 valence electrons. The van der Waals surface area contributed by atoms with Gasteiger partial charge in [0.15, 0.2) is 0 Å². The van der Waals surface area contributed by atoms with Gasteiger partial charge in [-0.05, 0) is 41.1 Å². The van der Waals surface area contributed by atoms with Crippen molar-refractivity contribution in [3.8, 4) is 0 Å². The Morgan fingerprint density at radius 2 is 2.21 bits per heavy atom. The summed E-state index contributed by atoms with van der Waals surface area (Å²) < 4.78 is 5.06. The van der Waals surface area contributed by atoms with Gasteiger partial charge in [-0.25, -0.2) is 0 Å². The second-order valence-corrected chi connectivity index (χ2v) is 4.54. The van der Waals surface area contributed by atoms with Gasteiger partial charge in [0.1, 0.15) is 0 Å². The molecule has 0 aliphatic heterocycles. The Morgan fingerprint density at radius 1 is 1.50 bits per heavy atom. The standard InChI is InChI=1S/C11H19NOS/c1-8(4-5-13-3)11(12)10-7-14-6-9(10)2/h6-8,11H,4-5,12H2,1-3H3. The van der Waals surface area contributed by atoms with E-state index < -0.39 is 0 Å². The highest BCUT2D eigenvalue weighted by atomic mass is 32.1. The van der Waals surface area contributed by atoms with Crippen molar-refractivity contribution in [1.82, 2.24) is 0 Å². The summed E-state index contributed by atoms with van der Waals surface area (Å²) >= 11 is 1.72. The van der Waals surface area contributed by atoms with E-state index >= 15 is 0 Å². The third kappa shape index (κ3) is 2.80. The Hall–Kier alpha value is -0.380. The van der Waals surface area contributed by atoms with E-state index in [4.69, 9.17) is 10.5 Å². The van der Waals surface area contributed by atoms with Crippen LogP contribution in [0.2, 0.25) is 0 Å². The zero-order valence-electron chi connectivity index (χ0n) is 9.12. The van der Waals surface area contributed by atoms with Gasteiger partial charge >= 0.3 is 0 Å². The second kappa shape index (κ2) is 5.49. The van der Waals surface area contributed by atoms with Crippen molar-refractivity contribution in [3.05, 3.63) is 21.9 Å². The van der Waals surface area contributed by atoms with Gasteiger partial charge in [0.05, 0.1) is 0 Å². The van der Waals surface area contributed by atoms with Gasteiger partial charge in [-0.3, -0.25) is 0 Å². The summed E-state index contributed by atoms with van der Waals surface area (Å²) in [6, 6.07) is 0.149. The number of aryl methyl sites for hydroxylation is 1. The predicted molar refractivity (Wildman–Crippen MR) is 61.6 cm³/mol. The summed E-state index contributed by atoms with van der Waals surface area (Å²) in [6.07, 6.45) is 1.02. The van der Waals surface area contributed by atoms with Crippen LogP contribution in [0.4, 0.5) is 0 Å². The molecule has 1 aromatic heterocycles. The lowest BCUT2D eigenvalue weighted by Gasteiger charge is -2.19. The number of nitrogens with two attached hydrogens (primary N) is 1. The molecule has 2 nitrogen and oxygen atoms in total. The molecule has 0 aliphatic rings. The van der Waals surface area contributed by atoms with E-state index in [9.17, 15) is 0 Å². The van der Waals surface area contributed by atoms with Crippen LogP contribution in [0.1, 0.15) is 30.5 Å². The van der Waals surface area contributed by atoms with Gasteiger partial charge in [-0.15, -0.1) is 0 Å². The number of hydrogen-bond acceptors (Lipinski definition) is 3. The lowest BCUT2D eigenvalue weighted by atomic mass is 9.93. The average molecular weight is 213 g/mol. The first-order valence-electron chi connectivity index (χ1n) is 4.94. The molecule has 0 saturated heterocycles. The Bertz CT molecular complexity index is 272. The normalized spacial score (nSPS) is 15.4. The Kier molecular flexibility index (Phi) is 4.58. The van der Waals surface area contributed by atoms with Crippen LogP contribution in [0.25, 0.3) is 0 Å². The van der Waals surface area contributed by atoms with E-state index in [0.29, 0.717) is 5.92 Å². The van der Waals surface area contributed by atoms with E-state index in [0.717, 1.165) is 13.0 Å². The lowest BCUT2D eigenvalue weighted by Crippen LogP contribution is -2.20. The monoisotopic (exact) mass is 213 g/mol. The summed E-state index contributed by atoms with van der Waals surface area (Å²) in [7, 11) is 1.73. The molecule has 2 atom stereocenters. The number of hydrogen-bond donors (Lipinski definition) is 1. The molecule has 0 saturated carbocycles. The molecule has 0 fully saturated rings. The molecule has 1 aromatic rings. The molecular formula is C11H19NOS. The molecule has 2 unspecified atom stereocenters. The van der Waals surface area contributed by atoms with Crippen LogP contribution in [0, 0.1) is 12.8 Å². The third-order valence-electron chi connectivity index (χ3n) is 2.64. The zero-order valence-corrected chi connectivity index (χ0v) is 9.93. The molecule has 1 rings (SSSR count). The predicted octanol–water partition coefficient (Wildman–Crippen LogP) is 2.73. The SMILES string of the molecule is COCCC(C)C(N)c1cscc1C. The van der Waals surface area contributed by atoms with Gasteiger partial charge in [0, 0.05) is 19.8 Å². The molecule has 3 heteroatoms. The first kappa shape index (κ1) is 11.7. The molecule has 14 heavy (non-hydrogen) atoms. The van der Waals surface area contributed by atoms with Crippen molar-refractivity contribution in [2.24, 2.45) is 11.7 Å². The Morgan fingerprint density at radius 3 is 2.71 bits per heavy atom. The second-order valence-electron chi connectivity index (χ2n) is 3.79. The van der Waals surface area contributed by atoms with Crippen LogP contribution in [-0.2, 0) is 4.74 Å². The van der Waals surface area contributed by atoms with Crippen LogP contribution >= 0.6 is 11.3 Å². The van der Waals surface area contributed by atoms with E-state index in [2.05, 4.69) is 24.6 Å². The fourth-order valence-electron chi connectivity index (χ4n) is 1.50. The van der Waals surface area contributed by atoms with Gasteiger partial charge in [0.25, 0.3) is 0 Å². The smallest absolute Gasteiger partial charge is 0.0465 e. The van der Waals surface area contributed by atoms with Gasteiger partial charge < -0.3 is 10.5 Å². The topological polar surface area (TPSA) is 35.2 Å². The van der Waals surface area contributed by atoms with Crippen molar-refractivity contribution >= 4 is 11.3 Å². The van der Waals surface area contributed by atoms with E-state index in [1.807, 2.05) is 0 Å². The highest BCUT2D eigenvalue weighted by molar-refractivity contribution is 7.08. The fourth-order valence-corrected chi connectivity index (χ4v) is 2.40. The van der Waals surface area contributed by atoms with Crippen LogP contribution in [-0.4, -0.2) is 13.7 Å². The highest BCUT2D eigenvalue weighted by Gasteiger charge is 2.16. The first-order valence-corrected chi connectivity index (χ1v) is 5.88. The van der Waals surface area contributed by atoms with E-state index in [1.165, 1.54) is 11.1 Å². The largest absolute Gasteiger partial charge is 0.385 e. The molecule has 0 bridgehead atoms. The molecule has 0 spiro atoms. The number of rotatable bonds is 5. The maximum atomic E-state index is 6.18. The van der Waals surface area contributed by atoms with Gasteiger partial charge in [-0.1, -0.05) is 6.92 Å². The fraction of sp³-hybridized carbons (Fsp3) is 0.636. The lowest BCUT2D eigenvalue weighted by molar-refractivity contribution is 0.174. The molecule has 2 N–H and O–H groups in total. The minimum Gasteiger partial charge on any atom is -0.385 e. The van der Waals surface area contributed by atoms with Crippen molar-refractivity contribution in [2.75, 3.05) is 13.7 Å². The number of methoxy groups -OCH3 is 1. The minimum atomic E-state index is 0.149. The molecule has 1 heterocycles. The first-order chi connectivity index (χ1) is 6.66. The number of thiophene rings is 1. The van der Waals surface area contributed by atoms with Crippen LogP contribution < -0.4 is 5.73 Å². The quantitative estimate of drug-likeness (QED) is 0.816. The molecule has 0 aromatic carbocycles. The maximum absolute atomic E-state index is 6.18. The summed E-state index contributed by atoms with van der Waals surface area (Å²) in [5, 5.41) is 4.31. The highest BCUT2D eigenvalue weighted by Crippen LogP contribution is 2.27. The summed E-state index contributed by atoms with van der Waals surface area (Å²) in [5.41, 5.74) is 8.78. The number of ether oxygens (including phenoxy) is 1. The van der Waals surface area contributed by atoms with Crippen molar-refractivity contribution < 1.29 is 4.74 Å². The minimum absolute atomic E-state index is 0.149. The maximum Gasteiger partial charge on any atom is 0.0465 e. The van der Waals surface area contributed by atoms with Gasteiger partial charge in [0.2, 0.25) is 0 Å². The van der Waals surface area contributed by atoms with Crippen LogP contribution in [0.15, 0.2) is 10.8 Å². The Labute approximate surface area is 90.1 Å². The van der Waals surface area contributed by atoms with Crippen molar-refractivity contribution in [3.63, 3.8) is 0 Å². The third-order valence-corrected chi connectivity index (χ3v) is 3.52. The van der Waals surface area contributed by atoms with Crippen molar-refractivity contribution in [1.29, 1.82) is 0 Å². The molecule has 0 aliphatic carbocycles. The van der Waals surface area contributed by atoms with Crippen LogP contribution in [0.3, 0.4) is 0 Å². The molecule has 0 radical (unpaired) electrons. The summed E-state index contributed by atoms with van der Waals surface area (Å²) in [4.78, 5) is 0. The van der Waals surface area contributed by atoms with Crippen molar-refractivity contribution in [2.45, 2.75) is 26.3 Å². The van der Waals surface area contributed by atoms with Crippen LogP contribution in [0.5, 0.6) is 0 Å². The summed E-state index contributed by atoms with van der Waals surface area (Å²) in [5.74, 6) is 0.475. The Balaban J connectivity index is 2.56.